The fourth-order valence-electron chi connectivity index (χ4n) is 3.21. The van der Waals surface area contributed by atoms with E-state index in [9.17, 15) is 0 Å². The number of nitrogens with zero attached hydrogens (tertiary/aromatic N) is 4. The second-order valence-corrected chi connectivity index (χ2v) is 6.01. The van der Waals surface area contributed by atoms with Gasteiger partial charge in [0.25, 0.3) is 0 Å². The lowest BCUT2D eigenvalue weighted by molar-refractivity contribution is 0.290. The second-order valence-electron chi connectivity index (χ2n) is 6.01. The van der Waals surface area contributed by atoms with Crippen LogP contribution in [-0.2, 0) is 6.54 Å². The highest BCUT2D eigenvalue weighted by Crippen LogP contribution is 2.26. The smallest absolute Gasteiger partial charge is 0.211 e. The first-order valence-corrected chi connectivity index (χ1v) is 8.35. The number of hydrogen-bond donors (Lipinski definition) is 2. The molecule has 0 aliphatic carbocycles. The van der Waals surface area contributed by atoms with Crippen LogP contribution in [0.25, 0.3) is 5.69 Å². The molecule has 1 aliphatic heterocycles. The fraction of sp³-hybridized carbons (Fsp3) is 0.333. The van der Waals surface area contributed by atoms with E-state index in [0.717, 1.165) is 37.5 Å². The summed E-state index contributed by atoms with van der Waals surface area (Å²) in [6.45, 7) is 1.82. The normalized spacial score (nSPS) is 17.9. The summed E-state index contributed by atoms with van der Waals surface area (Å²) in [5.74, 6) is 0.801. The molecule has 1 fully saturated rings. The van der Waals surface area contributed by atoms with Crippen LogP contribution in [0.2, 0.25) is 0 Å². The Hall–Kier alpha value is -2.80. The lowest BCUT2D eigenvalue weighted by Gasteiger charge is -2.22. The van der Waals surface area contributed by atoms with Crippen LogP contribution in [0.3, 0.4) is 0 Å². The van der Waals surface area contributed by atoms with E-state index in [1.807, 2.05) is 30.5 Å². The zero-order valence-electron chi connectivity index (χ0n) is 14.4. The van der Waals surface area contributed by atoms with Crippen LogP contribution in [0.1, 0.15) is 18.5 Å². The van der Waals surface area contributed by atoms with E-state index in [-0.39, 0.29) is 12.0 Å². The summed E-state index contributed by atoms with van der Waals surface area (Å²) in [7, 11) is 1.69. The molecule has 25 heavy (non-hydrogen) atoms. The van der Waals surface area contributed by atoms with Gasteiger partial charge in [0, 0.05) is 36.2 Å². The number of methoxy groups -OCH3 is 1. The van der Waals surface area contributed by atoms with Crippen LogP contribution in [0, 0.1) is 0 Å². The Morgan fingerprint density at radius 2 is 2.04 bits per heavy atom. The summed E-state index contributed by atoms with van der Waals surface area (Å²) in [5, 5.41) is 7.69. The minimum absolute atomic E-state index is 0.0245. The number of nitrogens with two attached hydrogens (primary N) is 2. The van der Waals surface area contributed by atoms with Gasteiger partial charge in [0.15, 0.2) is 5.88 Å². The Balaban J connectivity index is 1.82. The number of guanidine groups is 1. The van der Waals surface area contributed by atoms with Crippen molar-refractivity contribution in [2.45, 2.75) is 25.4 Å². The zero-order valence-corrected chi connectivity index (χ0v) is 14.4. The fourth-order valence-corrected chi connectivity index (χ4v) is 3.21. The van der Waals surface area contributed by atoms with Gasteiger partial charge in [0.1, 0.15) is 0 Å². The van der Waals surface area contributed by atoms with Gasteiger partial charge in [0.2, 0.25) is 5.96 Å². The predicted octanol–water partition coefficient (Wildman–Crippen LogP) is 1.71. The second kappa shape index (κ2) is 7.85. The minimum Gasteiger partial charge on any atom is -0.482 e. The average Bonchev–Trinajstić information content (AvgIpc) is 3.22. The van der Waals surface area contributed by atoms with E-state index in [1.165, 1.54) is 5.69 Å². The number of para-hydroxylation sites is 1. The summed E-state index contributed by atoms with van der Waals surface area (Å²) in [5.41, 5.74) is 12.9. The molecule has 1 aromatic carbocycles. The van der Waals surface area contributed by atoms with E-state index in [0.29, 0.717) is 0 Å². The maximum absolute atomic E-state index is 5.54. The molecule has 7 heteroatoms. The zero-order chi connectivity index (χ0) is 17.6. The molecular weight excluding hydrogens is 316 g/mol. The Labute approximate surface area is 147 Å². The number of aromatic nitrogens is 1. The molecule has 1 aromatic heterocycles. The van der Waals surface area contributed by atoms with Crippen molar-refractivity contribution < 1.29 is 4.74 Å². The molecule has 7 nitrogen and oxygen atoms in total. The summed E-state index contributed by atoms with van der Waals surface area (Å²) < 4.78 is 7.68. The van der Waals surface area contributed by atoms with Crippen molar-refractivity contribution in [3.8, 4) is 11.6 Å². The predicted molar refractivity (Wildman–Crippen MR) is 100 cm³/mol. The number of rotatable bonds is 6. The number of likely N-dealkylation sites (tertiary alicyclic amines) is 1. The monoisotopic (exact) mass is 340 g/mol. The highest BCUT2D eigenvalue weighted by molar-refractivity contribution is 5.76. The van der Waals surface area contributed by atoms with Gasteiger partial charge < -0.3 is 16.2 Å². The van der Waals surface area contributed by atoms with E-state index in [2.05, 4.69) is 37.9 Å². The lowest BCUT2D eigenvalue weighted by Crippen LogP contribution is -2.31. The third kappa shape index (κ3) is 4.00. The minimum atomic E-state index is -0.0245. The molecule has 3 rings (SSSR count). The van der Waals surface area contributed by atoms with Crippen LogP contribution in [0.5, 0.6) is 5.88 Å². The molecule has 0 spiro atoms. The third-order valence-corrected chi connectivity index (χ3v) is 4.34. The quantitative estimate of drug-likeness (QED) is 0.475. The molecule has 0 bridgehead atoms. The largest absolute Gasteiger partial charge is 0.482 e. The first-order chi connectivity index (χ1) is 12.2. The average molecular weight is 340 g/mol. The maximum atomic E-state index is 5.54. The van der Waals surface area contributed by atoms with Crippen molar-refractivity contribution in [1.29, 1.82) is 0 Å². The van der Waals surface area contributed by atoms with E-state index in [1.54, 1.807) is 7.11 Å². The highest BCUT2D eigenvalue weighted by Gasteiger charge is 2.24. The molecule has 1 aliphatic rings. The number of benzene rings is 1. The van der Waals surface area contributed by atoms with Crippen LogP contribution in [0.4, 0.5) is 0 Å². The van der Waals surface area contributed by atoms with Gasteiger partial charge in [-0.2, -0.15) is 5.10 Å². The van der Waals surface area contributed by atoms with Crippen molar-refractivity contribution in [3.05, 3.63) is 48.2 Å². The van der Waals surface area contributed by atoms with E-state index < -0.39 is 0 Å². The first kappa shape index (κ1) is 17.0. The van der Waals surface area contributed by atoms with Crippen molar-refractivity contribution in [2.75, 3.05) is 13.7 Å². The van der Waals surface area contributed by atoms with Gasteiger partial charge in [-0.3, -0.25) is 9.47 Å². The van der Waals surface area contributed by atoms with Crippen molar-refractivity contribution in [1.82, 2.24) is 9.47 Å². The molecule has 132 valence electrons. The van der Waals surface area contributed by atoms with E-state index >= 15 is 0 Å². The SMILES string of the molecule is COc1ccc(CN2CCCC2/C=N/N=C(N)N)n1-c1ccccc1. The van der Waals surface area contributed by atoms with Crippen molar-refractivity contribution >= 4 is 12.2 Å². The van der Waals surface area contributed by atoms with Gasteiger partial charge >= 0.3 is 0 Å². The maximum Gasteiger partial charge on any atom is 0.211 e. The standard InChI is InChI=1S/C18H24N6O/c1-25-17-10-9-16(24(17)14-6-3-2-4-7-14)13-23-11-5-8-15(23)12-21-22-18(19)20/h2-4,6-7,9-10,12,15H,5,8,11,13H2,1H3,(H4,19,20,22)/b21-12+. The molecule has 0 radical (unpaired) electrons. The number of hydrogen-bond acceptors (Lipinski definition) is 4. The van der Waals surface area contributed by atoms with Gasteiger partial charge in [-0.15, -0.1) is 5.10 Å². The Bertz CT molecular complexity index is 748. The Morgan fingerprint density at radius 3 is 2.76 bits per heavy atom. The van der Waals surface area contributed by atoms with Crippen molar-refractivity contribution in [3.63, 3.8) is 0 Å². The highest BCUT2D eigenvalue weighted by atomic mass is 16.5. The molecule has 1 saturated heterocycles. The molecule has 2 aromatic rings. The third-order valence-electron chi connectivity index (χ3n) is 4.34. The summed E-state index contributed by atoms with van der Waals surface area (Å²) in [4.78, 5) is 2.37. The molecule has 1 unspecified atom stereocenters. The van der Waals surface area contributed by atoms with Gasteiger partial charge in [-0.05, 0) is 37.6 Å². The van der Waals surface area contributed by atoms with E-state index in [4.69, 9.17) is 16.2 Å². The van der Waals surface area contributed by atoms with Gasteiger partial charge in [0.05, 0.1) is 7.11 Å². The molecule has 1 atom stereocenters. The summed E-state index contributed by atoms with van der Waals surface area (Å²) in [6.07, 6.45) is 3.99. The summed E-state index contributed by atoms with van der Waals surface area (Å²) in [6, 6.07) is 14.6. The molecule has 0 amide bonds. The van der Waals surface area contributed by atoms with Crippen LogP contribution in [0.15, 0.2) is 52.7 Å². The topological polar surface area (TPSA) is 94.2 Å². The molecule has 4 N–H and O–H groups in total. The Morgan fingerprint density at radius 1 is 1.24 bits per heavy atom. The van der Waals surface area contributed by atoms with Gasteiger partial charge in [-0.25, -0.2) is 0 Å². The van der Waals surface area contributed by atoms with Crippen LogP contribution < -0.4 is 16.2 Å². The van der Waals surface area contributed by atoms with Crippen LogP contribution in [-0.4, -0.2) is 41.3 Å². The molecule has 0 saturated carbocycles. The lowest BCUT2D eigenvalue weighted by atomic mass is 10.2. The van der Waals surface area contributed by atoms with Crippen LogP contribution >= 0.6 is 0 Å². The molecule has 2 heterocycles. The van der Waals surface area contributed by atoms with Crippen molar-refractivity contribution in [2.24, 2.45) is 21.7 Å². The summed E-state index contributed by atoms with van der Waals surface area (Å²) >= 11 is 0. The molecular formula is C18H24N6O. The first-order valence-electron chi connectivity index (χ1n) is 8.35. The number of ether oxygens (including phenoxy) is 1. The van der Waals surface area contributed by atoms with Gasteiger partial charge in [-0.1, -0.05) is 18.2 Å². The Kier molecular flexibility index (Phi) is 5.35.